The second-order valence-corrected chi connectivity index (χ2v) is 9.29. The van der Waals surface area contributed by atoms with Gasteiger partial charge < -0.3 is 15.4 Å². The molecule has 2 aromatic rings. The van der Waals surface area contributed by atoms with Crippen LogP contribution in [0.1, 0.15) is 35.7 Å². The molecule has 0 spiro atoms. The topological polar surface area (TPSA) is 105 Å². The SMILES string of the molecule is COc1ccc(S(=O)(=O)N(C)Cc2ccc(C(=O)NC3CC3)cc2)cc1NC(C)=O. The fourth-order valence-corrected chi connectivity index (χ4v) is 4.10. The van der Waals surface area contributed by atoms with E-state index in [1.807, 2.05) is 0 Å². The van der Waals surface area contributed by atoms with Gasteiger partial charge in [0.1, 0.15) is 5.75 Å². The van der Waals surface area contributed by atoms with E-state index in [0.717, 1.165) is 18.4 Å². The Morgan fingerprint density at radius 1 is 1.13 bits per heavy atom. The van der Waals surface area contributed by atoms with Crippen LogP contribution < -0.4 is 15.4 Å². The average Bonchev–Trinajstić information content (AvgIpc) is 3.52. The molecule has 2 amide bonds. The lowest BCUT2D eigenvalue weighted by atomic mass is 10.1. The molecule has 160 valence electrons. The van der Waals surface area contributed by atoms with Crippen LogP contribution in [0.5, 0.6) is 5.75 Å². The highest BCUT2D eigenvalue weighted by Gasteiger charge is 2.24. The van der Waals surface area contributed by atoms with Crippen LogP contribution in [0.3, 0.4) is 0 Å². The maximum Gasteiger partial charge on any atom is 0.251 e. The standard InChI is InChI=1S/C21H25N3O5S/c1-14(25)22-19-12-18(10-11-20(19)29-3)30(27,28)24(2)13-15-4-6-16(7-5-15)21(26)23-17-8-9-17/h4-7,10-12,17H,8-9,13H2,1-3H3,(H,22,25)(H,23,26). The number of carbonyl (C=O) groups excluding carboxylic acids is 2. The van der Waals surface area contributed by atoms with Gasteiger partial charge in [-0.3, -0.25) is 9.59 Å². The number of hydrogen-bond acceptors (Lipinski definition) is 5. The zero-order valence-electron chi connectivity index (χ0n) is 17.1. The van der Waals surface area contributed by atoms with Crippen LogP contribution in [0.4, 0.5) is 5.69 Å². The van der Waals surface area contributed by atoms with Crippen molar-refractivity contribution < 1.29 is 22.7 Å². The van der Waals surface area contributed by atoms with Gasteiger partial charge in [-0.2, -0.15) is 4.31 Å². The number of amides is 2. The molecule has 0 aromatic heterocycles. The summed E-state index contributed by atoms with van der Waals surface area (Å²) in [7, 11) is -0.890. The summed E-state index contributed by atoms with van der Waals surface area (Å²) in [5.41, 5.74) is 1.58. The van der Waals surface area contributed by atoms with Crippen molar-refractivity contribution in [1.29, 1.82) is 0 Å². The highest BCUT2D eigenvalue weighted by molar-refractivity contribution is 7.89. The van der Waals surface area contributed by atoms with E-state index in [-0.39, 0.29) is 35.0 Å². The monoisotopic (exact) mass is 431 g/mol. The third-order valence-corrected chi connectivity index (χ3v) is 6.52. The number of methoxy groups -OCH3 is 1. The fraction of sp³-hybridized carbons (Fsp3) is 0.333. The molecule has 1 aliphatic rings. The van der Waals surface area contributed by atoms with Gasteiger partial charge in [-0.1, -0.05) is 12.1 Å². The first-order valence-electron chi connectivity index (χ1n) is 9.52. The molecule has 0 bridgehead atoms. The summed E-state index contributed by atoms with van der Waals surface area (Å²) in [5, 5.41) is 5.49. The lowest BCUT2D eigenvalue weighted by Crippen LogP contribution is -2.27. The highest BCUT2D eigenvalue weighted by atomic mass is 32.2. The number of hydrogen-bond donors (Lipinski definition) is 2. The molecule has 9 heteroatoms. The molecule has 0 saturated heterocycles. The van der Waals surface area contributed by atoms with Crippen LogP contribution in [0.15, 0.2) is 47.4 Å². The Morgan fingerprint density at radius 3 is 2.37 bits per heavy atom. The summed E-state index contributed by atoms with van der Waals surface area (Å²) >= 11 is 0. The summed E-state index contributed by atoms with van der Waals surface area (Å²) in [6.07, 6.45) is 2.03. The number of sulfonamides is 1. The van der Waals surface area contributed by atoms with Gasteiger partial charge in [0, 0.05) is 32.1 Å². The molecule has 0 aliphatic heterocycles. The molecular weight excluding hydrogens is 406 g/mol. The Morgan fingerprint density at radius 2 is 1.80 bits per heavy atom. The van der Waals surface area contributed by atoms with E-state index < -0.39 is 10.0 Å². The van der Waals surface area contributed by atoms with Gasteiger partial charge in [0.05, 0.1) is 17.7 Å². The van der Waals surface area contributed by atoms with Gasteiger partial charge in [-0.25, -0.2) is 8.42 Å². The largest absolute Gasteiger partial charge is 0.495 e. The normalized spacial score (nSPS) is 13.7. The molecule has 8 nitrogen and oxygen atoms in total. The molecule has 0 heterocycles. The zero-order chi connectivity index (χ0) is 21.9. The Bertz CT molecular complexity index is 1050. The third kappa shape index (κ3) is 5.17. The predicted octanol–water partition coefficient (Wildman–Crippen LogP) is 2.37. The second-order valence-electron chi connectivity index (χ2n) is 7.25. The summed E-state index contributed by atoms with van der Waals surface area (Å²) < 4.78 is 32.4. The fourth-order valence-electron chi connectivity index (χ4n) is 2.91. The van der Waals surface area contributed by atoms with Crippen LogP contribution in [0.25, 0.3) is 0 Å². The Hall–Kier alpha value is -2.91. The van der Waals surface area contributed by atoms with Crippen LogP contribution in [-0.2, 0) is 21.4 Å². The van der Waals surface area contributed by atoms with E-state index in [0.29, 0.717) is 11.3 Å². The second kappa shape index (κ2) is 8.85. The van der Waals surface area contributed by atoms with Crippen molar-refractivity contribution in [3.8, 4) is 5.75 Å². The van der Waals surface area contributed by atoms with Crippen LogP contribution in [-0.4, -0.2) is 44.7 Å². The van der Waals surface area contributed by atoms with E-state index in [1.54, 1.807) is 24.3 Å². The lowest BCUT2D eigenvalue weighted by molar-refractivity contribution is -0.114. The third-order valence-electron chi connectivity index (χ3n) is 4.72. The molecule has 30 heavy (non-hydrogen) atoms. The Balaban J connectivity index is 1.74. The van der Waals surface area contributed by atoms with Crippen molar-refractivity contribution in [3.63, 3.8) is 0 Å². The van der Waals surface area contributed by atoms with E-state index >= 15 is 0 Å². The number of ether oxygens (including phenoxy) is 1. The molecular formula is C21H25N3O5S. The Labute approximate surface area is 176 Å². The molecule has 2 aromatic carbocycles. The number of nitrogens with one attached hydrogen (secondary N) is 2. The smallest absolute Gasteiger partial charge is 0.251 e. The minimum absolute atomic E-state index is 0.0370. The van der Waals surface area contributed by atoms with Crippen molar-refractivity contribution in [2.75, 3.05) is 19.5 Å². The number of nitrogens with zero attached hydrogens (tertiary/aromatic N) is 1. The first-order chi connectivity index (χ1) is 14.2. The summed E-state index contributed by atoms with van der Waals surface area (Å²) in [5.74, 6) is -0.0809. The van der Waals surface area contributed by atoms with E-state index in [2.05, 4.69) is 10.6 Å². The number of carbonyl (C=O) groups is 2. The van der Waals surface area contributed by atoms with Crippen LogP contribution in [0, 0.1) is 0 Å². The molecule has 0 atom stereocenters. The first-order valence-corrected chi connectivity index (χ1v) is 11.0. The first kappa shape index (κ1) is 21.8. The number of benzene rings is 2. The Kier molecular flexibility index (Phi) is 6.42. The van der Waals surface area contributed by atoms with Crippen molar-refractivity contribution in [2.45, 2.75) is 37.2 Å². The van der Waals surface area contributed by atoms with Crippen molar-refractivity contribution in [1.82, 2.24) is 9.62 Å². The number of rotatable bonds is 8. The van der Waals surface area contributed by atoms with E-state index in [4.69, 9.17) is 4.74 Å². The number of anilines is 1. The molecule has 0 unspecified atom stereocenters. The zero-order valence-corrected chi connectivity index (χ0v) is 18.0. The van der Waals surface area contributed by atoms with Crippen LogP contribution >= 0.6 is 0 Å². The van der Waals surface area contributed by atoms with Crippen molar-refractivity contribution in [2.24, 2.45) is 0 Å². The van der Waals surface area contributed by atoms with Gasteiger partial charge in [0.25, 0.3) is 5.91 Å². The van der Waals surface area contributed by atoms with Gasteiger partial charge in [-0.15, -0.1) is 0 Å². The molecule has 1 aliphatic carbocycles. The minimum atomic E-state index is -3.81. The van der Waals surface area contributed by atoms with Crippen molar-refractivity contribution >= 4 is 27.5 Å². The molecule has 2 N–H and O–H groups in total. The van der Waals surface area contributed by atoms with Gasteiger partial charge in [0.15, 0.2) is 0 Å². The van der Waals surface area contributed by atoms with E-state index in [1.165, 1.54) is 43.6 Å². The van der Waals surface area contributed by atoms with Gasteiger partial charge in [-0.05, 0) is 48.7 Å². The van der Waals surface area contributed by atoms with Crippen LogP contribution in [0.2, 0.25) is 0 Å². The van der Waals surface area contributed by atoms with Crippen molar-refractivity contribution in [3.05, 3.63) is 53.6 Å². The average molecular weight is 432 g/mol. The predicted molar refractivity (Wildman–Crippen MR) is 113 cm³/mol. The minimum Gasteiger partial charge on any atom is -0.495 e. The maximum atomic E-state index is 13.0. The lowest BCUT2D eigenvalue weighted by Gasteiger charge is -2.19. The molecule has 3 rings (SSSR count). The summed E-state index contributed by atoms with van der Waals surface area (Å²) in [4.78, 5) is 23.5. The van der Waals surface area contributed by atoms with Gasteiger partial charge >= 0.3 is 0 Å². The van der Waals surface area contributed by atoms with Gasteiger partial charge in [0.2, 0.25) is 15.9 Å². The molecule has 1 saturated carbocycles. The maximum absolute atomic E-state index is 13.0. The quantitative estimate of drug-likeness (QED) is 0.668. The molecule has 0 radical (unpaired) electrons. The highest BCUT2D eigenvalue weighted by Crippen LogP contribution is 2.29. The summed E-state index contributed by atoms with van der Waals surface area (Å²) in [6.45, 7) is 1.47. The summed E-state index contributed by atoms with van der Waals surface area (Å²) in [6, 6.07) is 11.4. The molecule has 1 fully saturated rings. The van der Waals surface area contributed by atoms with E-state index in [9.17, 15) is 18.0 Å².